The molecule has 2 amide bonds. The first-order chi connectivity index (χ1) is 12.4. The van der Waals surface area contributed by atoms with Crippen molar-refractivity contribution in [1.29, 1.82) is 0 Å². The van der Waals surface area contributed by atoms with Gasteiger partial charge in [-0.05, 0) is 44.4 Å². The van der Waals surface area contributed by atoms with Gasteiger partial charge in [-0.3, -0.25) is 9.59 Å². The standard InChI is InChI=1S/C19H28ClN3O3/c1-13(24)22-19(20)8-6-16(17(12-19)26-2)18(25)21-14-7-10-23-9-4-3-5-15(23)11-14/h6,8,14-15H,3-5,7,9-12H2,1-2H3,(H,21,25)(H,22,24). The summed E-state index contributed by atoms with van der Waals surface area (Å²) < 4.78 is 5.40. The minimum Gasteiger partial charge on any atom is -0.500 e. The molecule has 3 unspecified atom stereocenters. The van der Waals surface area contributed by atoms with Crippen molar-refractivity contribution in [2.45, 2.75) is 62.5 Å². The molecule has 2 N–H and O–H groups in total. The van der Waals surface area contributed by atoms with Gasteiger partial charge in [0.1, 0.15) is 10.8 Å². The van der Waals surface area contributed by atoms with Crippen LogP contribution in [0.4, 0.5) is 0 Å². The number of alkyl halides is 1. The largest absolute Gasteiger partial charge is 0.500 e. The van der Waals surface area contributed by atoms with Crippen LogP contribution in [0.15, 0.2) is 23.5 Å². The SMILES string of the molecule is COC1=C(C(=O)NC2CCN3CCCCC3C2)C=CC(Cl)(NC(C)=O)C1. The Kier molecular flexibility index (Phi) is 5.92. The maximum Gasteiger partial charge on any atom is 0.254 e. The number of hydrogen-bond donors (Lipinski definition) is 2. The van der Waals surface area contributed by atoms with E-state index in [1.54, 1.807) is 12.2 Å². The van der Waals surface area contributed by atoms with Crippen LogP contribution in [0.2, 0.25) is 0 Å². The lowest BCUT2D eigenvalue weighted by atomic mass is 9.90. The number of amides is 2. The number of carbonyl (C=O) groups excluding carboxylic acids is 2. The van der Waals surface area contributed by atoms with Crippen molar-refractivity contribution >= 4 is 23.4 Å². The number of hydrogen-bond acceptors (Lipinski definition) is 4. The number of nitrogens with one attached hydrogen (secondary N) is 2. The number of methoxy groups -OCH3 is 1. The number of nitrogens with zero attached hydrogens (tertiary/aromatic N) is 1. The van der Waals surface area contributed by atoms with Gasteiger partial charge in [0.2, 0.25) is 5.91 Å². The molecule has 3 rings (SSSR count). The molecular formula is C19H28ClN3O3. The van der Waals surface area contributed by atoms with E-state index in [0.29, 0.717) is 17.4 Å². The van der Waals surface area contributed by atoms with Gasteiger partial charge in [-0.1, -0.05) is 18.0 Å². The normalized spacial score (nSPS) is 32.0. The molecule has 2 saturated heterocycles. The maximum atomic E-state index is 12.8. The molecule has 7 heteroatoms. The zero-order valence-corrected chi connectivity index (χ0v) is 16.3. The Morgan fingerprint density at radius 3 is 2.85 bits per heavy atom. The van der Waals surface area contributed by atoms with Crippen LogP contribution in [0.5, 0.6) is 0 Å². The average Bonchev–Trinajstić information content (AvgIpc) is 2.60. The molecule has 26 heavy (non-hydrogen) atoms. The highest BCUT2D eigenvalue weighted by Crippen LogP contribution is 2.32. The van der Waals surface area contributed by atoms with Gasteiger partial charge in [-0.25, -0.2) is 0 Å². The maximum absolute atomic E-state index is 12.8. The van der Waals surface area contributed by atoms with E-state index < -0.39 is 5.00 Å². The Morgan fingerprint density at radius 1 is 1.31 bits per heavy atom. The van der Waals surface area contributed by atoms with Crippen LogP contribution in [-0.2, 0) is 14.3 Å². The van der Waals surface area contributed by atoms with Crippen LogP contribution in [0, 0.1) is 0 Å². The summed E-state index contributed by atoms with van der Waals surface area (Å²) in [7, 11) is 1.52. The molecule has 2 heterocycles. The summed E-state index contributed by atoms with van der Waals surface area (Å²) in [5.41, 5.74) is 0.486. The second-order valence-corrected chi connectivity index (χ2v) is 8.15. The van der Waals surface area contributed by atoms with Gasteiger partial charge in [-0.2, -0.15) is 0 Å². The number of ether oxygens (including phenoxy) is 1. The molecule has 0 aromatic carbocycles. The Bertz CT molecular complexity index is 634. The average molecular weight is 382 g/mol. The van der Waals surface area contributed by atoms with Crippen molar-refractivity contribution < 1.29 is 14.3 Å². The first-order valence-electron chi connectivity index (χ1n) is 9.39. The van der Waals surface area contributed by atoms with Gasteiger partial charge in [0.05, 0.1) is 12.7 Å². The van der Waals surface area contributed by atoms with E-state index in [9.17, 15) is 9.59 Å². The molecule has 0 aromatic heterocycles. The predicted octanol–water partition coefficient (Wildman–Crippen LogP) is 2.05. The lowest BCUT2D eigenvalue weighted by Crippen LogP contribution is -2.52. The van der Waals surface area contributed by atoms with Crippen molar-refractivity contribution in [2.24, 2.45) is 0 Å². The fourth-order valence-corrected chi connectivity index (χ4v) is 4.56. The molecule has 2 fully saturated rings. The third-order valence-electron chi connectivity index (χ3n) is 5.51. The Labute approximate surface area is 160 Å². The highest BCUT2D eigenvalue weighted by Gasteiger charge is 2.35. The smallest absolute Gasteiger partial charge is 0.254 e. The first kappa shape index (κ1) is 19.2. The molecule has 3 atom stereocenters. The molecule has 0 aromatic rings. The molecule has 6 nitrogen and oxygen atoms in total. The minimum atomic E-state index is -1.05. The van der Waals surface area contributed by atoms with Crippen LogP contribution in [0.25, 0.3) is 0 Å². The van der Waals surface area contributed by atoms with Gasteiger partial charge in [0.25, 0.3) is 5.91 Å². The van der Waals surface area contributed by atoms with Crippen LogP contribution in [0.1, 0.15) is 45.4 Å². The summed E-state index contributed by atoms with van der Waals surface area (Å²) in [6, 6.07) is 0.787. The van der Waals surface area contributed by atoms with Gasteiger partial charge in [-0.15, -0.1) is 0 Å². The minimum absolute atomic E-state index is 0.131. The monoisotopic (exact) mass is 381 g/mol. The topological polar surface area (TPSA) is 70.7 Å². The first-order valence-corrected chi connectivity index (χ1v) is 9.77. The second-order valence-electron chi connectivity index (χ2n) is 7.48. The Balaban J connectivity index is 1.63. The van der Waals surface area contributed by atoms with E-state index in [-0.39, 0.29) is 24.3 Å². The number of fused-ring (bicyclic) bond motifs is 1. The van der Waals surface area contributed by atoms with Crippen molar-refractivity contribution in [3.8, 4) is 0 Å². The molecule has 0 radical (unpaired) electrons. The number of halogens is 1. The predicted molar refractivity (Wildman–Crippen MR) is 101 cm³/mol. The van der Waals surface area contributed by atoms with Gasteiger partial charge < -0.3 is 20.3 Å². The number of piperidine rings is 2. The van der Waals surface area contributed by atoms with E-state index in [2.05, 4.69) is 15.5 Å². The van der Waals surface area contributed by atoms with Crippen molar-refractivity contribution in [1.82, 2.24) is 15.5 Å². The van der Waals surface area contributed by atoms with Gasteiger partial charge >= 0.3 is 0 Å². The summed E-state index contributed by atoms with van der Waals surface area (Å²) in [6.07, 6.45) is 9.33. The van der Waals surface area contributed by atoms with E-state index in [0.717, 1.165) is 19.4 Å². The van der Waals surface area contributed by atoms with E-state index in [1.165, 1.54) is 39.8 Å². The van der Waals surface area contributed by atoms with Crippen molar-refractivity contribution in [3.63, 3.8) is 0 Å². The highest BCUT2D eigenvalue weighted by molar-refractivity contribution is 6.26. The Morgan fingerprint density at radius 2 is 2.12 bits per heavy atom. The third-order valence-corrected chi connectivity index (χ3v) is 5.87. The summed E-state index contributed by atoms with van der Waals surface area (Å²) in [4.78, 5) is 25.6. The van der Waals surface area contributed by atoms with E-state index in [1.807, 2.05) is 0 Å². The number of rotatable bonds is 4. The van der Waals surface area contributed by atoms with Crippen molar-refractivity contribution in [3.05, 3.63) is 23.5 Å². The molecule has 0 spiro atoms. The van der Waals surface area contributed by atoms with Gasteiger partial charge in [0, 0.05) is 32.0 Å². The lowest BCUT2D eigenvalue weighted by Gasteiger charge is -2.42. The number of carbonyl (C=O) groups is 2. The summed E-state index contributed by atoms with van der Waals surface area (Å²) in [5, 5.41) is 5.85. The Hall–Kier alpha value is -1.53. The highest BCUT2D eigenvalue weighted by atomic mass is 35.5. The molecule has 0 saturated carbocycles. The zero-order chi connectivity index (χ0) is 18.7. The van der Waals surface area contributed by atoms with E-state index >= 15 is 0 Å². The quantitative estimate of drug-likeness (QED) is 0.577. The van der Waals surface area contributed by atoms with Crippen LogP contribution in [0.3, 0.4) is 0 Å². The summed E-state index contributed by atoms with van der Waals surface area (Å²) >= 11 is 6.41. The van der Waals surface area contributed by atoms with Crippen molar-refractivity contribution in [2.75, 3.05) is 20.2 Å². The molecule has 2 aliphatic heterocycles. The van der Waals surface area contributed by atoms with Crippen LogP contribution < -0.4 is 10.6 Å². The van der Waals surface area contributed by atoms with Crippen LogP contribution in [-0.4, -0.2) is 54.0 Å². The summed E-state index contributed by atoms with van der Waals surface area (Å²) in [5.74, 6) is 0.130. The lowest BCUT2D eigenvalue weighted by molar-refractivity contribution is -0.119. The van der Waals surface area contributed by atoms with Crippen LogP contribution >= 0.6 is 11.6 Å². The van der Waals surface area contributed by atoms with E-state index in [4.69, 9.17) is 16.3 Å². The fraction of sp³-hybridized carbons (Fsp3) is 0.684. The van der Waals surface area contributed by atoms with Gasteiger partial charge in [0.15, 0.2) is 0 Å². The summed E-state index contributed by atoms with van der Waals surface area (Å²) in [6.45, 7) is 3.65. The molecular weight excluding hydrogens is 354 g/mol. The molecule has 1 aliphatic carbocycles. The third kappa shape index (κ3) is 4.41. The molecule has 144 valence electrons. The zero-order valence-electron chi connectivity index (χ0n) is 15.5. The second kappa shape index (κ2) is 8.01. The molecule has 3 aliphatic rings. The molecule has 0 bridgehead atoms. The fourth-order valence-electron chi connectivity index (χ4n) is 4.24.